The molecule has 0 radical (unpaired) electrons. The molecular weight excluding hydrogens is 318 g/mol. The van der Waals surface area contributed by atoms with Crippen LogP contribution in [0.5, 0.6) is 0 Å². The van der Waals surface area contributed by atoms with Crippen molar-refractivity contribution in [1.82, 2.24) is 4.72 Å². The number of sulfonamides is 1. The lowest BCUT2D eigenvalue weighted by Crippen LogP contribution is -2.36. The molecule has 0 spiro atoms. The number of carboxylic acid groups (broad SMARTS) is 1. The van der Waals surface area contributed by atoms with Crippen molar-refractivity contribution in [1.29, 1.82) is 0 Å². The van der Waals surface area contributed by atoms with Crippen LogP contribution in [0.3, 0.4) is 0 Å². The van der Waals surface area contributed by atoms with Crippen LogP contribution < -0.4 is 4.72 Å². The first-order chi connectivity index (χ1) is 9.67. The second-order valence-corrected chi connectivity index (χ2v) is 8.33. The second-order valence-electron chi connectivity index (χ2n) is 4.65. The molecule has 0 aliphatic carbocycles. The van der Waals surface area contributed by atoms with Crippen LogP contribution in [0.2, 0.25) is 0 Å². The van der Waals surface area contributed by atoms with Crippen LogP contribution in [0.25, 0.3) is 0 Å². The Morgan fingerprint density at radius 3 is 2.67 bits per heavy atom. The fraction of sp³-hybridized carbons (Fsp3) is 0.250. The van der Waals surface area contributed by atoms with Gasteiger partial charge in [0.1, 0.15) is 0 Å². The lowest BCUT2D eigenvalue weighted by Gasteiger charge is -2.11. The van der Waals surface area contributed by atoms with Crippen LogP contribution in [0.4, 0.5) is 0 Å². The molecule has 7 nitrogen and oxygen atoms in total. The standard InChI is InChI=1S/C12H13NO6S2/c14-12(15)10-3-1-2-9(6-10)7-21(18,19)13-11-4-5-20(16,17)8-11/h1-6,11,13H,7-8H2,(H,14,15). The molecule has 1 aliphatic rings. The Bertz CT molecular complexity index is 795. The molecular formula is C12H13NO6S2. The highest BCUT2D eigenvalue weighted by Crippen LogP contribution is 2.12. The maximum Gasteiger partial charge on any atom is 0.335 e. The number of sulfone groups is 1. The minimum Gasteiger partial charge on any atom is -0.478 e. The molecule has 0 bridgehead atoms. The summed E-state index contributed by atoms with van der Waals surface area (Å²) >= 11 is 0. The molecule has 2 N–H and O–H groups in total. The molecule has 9 heteroatoms. The average Bonchev–Trinajstić information content (AvgIpc) is 2.67. The van der Waals surface area contributed by atoms with Gasteiger partial charge in [0.15, 0.2) is 9.84 Å². The maximum atomic E-state index is 12.0. The van der Waals surface area contributed by atoms with Gasteiger partial charge < -0.3 is 5.11 Å². The van der Waals surface area contributed by atoms with E-state index >= 15 is 0 Å². The number of aromatic carboxylic acids is 1. The molecule has 1 unspecified atom stereocenters. The van der Waals surface area contributed by atoms with Crippen LogP contribution in [-0.4, -0.2) is 39.7 Å². The number of nitrogens with one attached hydrogen (secondary N) is 1. The zero-order valence-corrected chi connectivity index (χ0v) is 12.4. The predicted molar refractivity (Wildman–Crippen MR) is 75.9 cm³/mol. The molecule has 1 aromatic carbocycles. The Hall–Kier alpha value is -1.71. The third-order valence-corrected chi connectivity index (χ3v) is 5.56. The summed E-state index contributed by atoms with van der Waals surface area (Å²) < 4.78 is 48.6. The van der Waals surface area contributed by atoms with Gasteiger partial charge in [0.05, 0.1) is 23.1 Å². The van der Waals surface area contributed by atoms with Gasteiger partial charge in [0.25, 0.3) is 0 Å². The largest absolute Gasteiger partial charge is 0.478 e. The molecule has 1 heterocycles. The van der Waals surface area contributed by atoms with Crippen LogP contribution in [0.1, 0.15) is 15.9 Å². The van der Waals surface area contributed by atoms with Gasteiger partial charge in [-0.05, 0) is 17.7 Å². The van der Waals surface area contributed by atoms with Crippen LogP contribution in [-0.2, 0) is 25.6 Å². The first kappa shape index (κ1) is 15.7. The molecule has 21 heavy (non-hydrogen) atoms. The Balaban J connectivity index is 2.10. The van der Waals surface area contributed by atoms with E-state index < -0.39 is 37.6 Å². The first-order valence-corrected chi connectivity index (χ1v) is 9.27. The molecule has 0 saturated heterocycles. The van der Waals surface area contributed by atoms with Crippen LogP contribution in [0.15, 0.2) is 35.7 Å². The van der Waals surface area contributed by atoms with E-state index in [4.69, 9.17) is 5.11 Å². The predicted octanol–water partition coefficient (Wildman–Crippen LogP) is 0.115. The highest BCUT2D eigenvalue weighted by atomic mass is 32.2. The number of carboxylic acids is 1. The van der Waals surface area contributed by atoms with Gasteiger partial charge in [-0.2, -0.15) is 0 Å². The number of carbonyl (C=O) groups is 1. The topological polar surface area (TPSA) is 118 Å². The summed E-state index contributed by atoms with van der Waals surface area (Å²) in [6.45, 7) is 0. The Morgan fingerprint density at radius 2 is 2.10 bits per heavy atom. The van der Waals surface area contributed by atoms with E-state index in [1.807, 2.05) is 0 Å². The molecule has 0 fully saturated rings. The van der Waals surface area contributed by atoms with Crippen molar-refractivity contribution in [2.45, 2.75) is 11.8 Å². The SMILES string of the molecule is O=C(O)c1cccc(CS(=O)(=O)NC2C=CS(=O)(=O)C2)c1. The average molecular weight is 331 g/mol. The third kappa shape index (κ3) is 4.38. The highest BCUT2D eigenvalue weighted by Gasteiger charge is 2.25. The van der Waals surface area contributed by atoms with Crippen molar-refractivity contribution in [2.75, 3.05) is 5.75 Å². The molecule has 2 rings (SSSR count). The fourth-order valence-electron chi connectivity index (χ4n) is 1.94. The van der Waals surface area contributed by atoms with E-state index in [1.165, 1.54) is 30.3 Å². The zero-order chi connectivity index (χ0) is 15.7. The summed E-state index contributed by atoms with van der Waals surface area (Å²) in [5.74, 6) is -1.87. The molecule has 114 valence electrons. The molecule has 0 saturated carbocycles. The highest BCUT2D eigenvalue weighted by molar-refractivity contribution is 7.94. The van der Waals surface area contributed by atoms with Crippen molar-refractivity contribution in [3.8, 4) is 0 Å². The lowest BCUT2D eigenvalue weighted by atomic mass is 10.1. The van der Waals surface area contributed by atoms with Crippen molar-refractivity contribution in [3.05, 3.63) is 46.9 Å². The molecule has 1 atom stereocenters. The van der Waals surface area contributed by atoms with Crippen molar-refractivity contribution in [2.24, 2.45) is 0 Å². The monoisotopic (exact) mass is 331 g/mol. The quantitative estimate of drug-likeness (QED) is 0.791. The van der Waals surface area contributed by atoms with Gasteiger partial charge >= 0.3 is 5.97 Å². The van der Waals surface area contributed by atoms with E-state index in [1.54, 1.807) is 0 Å². The summed E-state index contributed by atoms with van der Waals surface area (Å²) in [5.41, 5.74) is 0.304. The zero-order valence-electron chi connectivity index (χ0n) is 10.8. The van der Waals surface area contributed by atoms with Gasteiger partial charge in [0.2, 0.25) is 10.0 Å². The van der Waals surface area contributed by atoms with Crippen LogP contribution >= 0.6 is 0 Å². The maximum absolute atomic E-state index is 12.0. The van der Waals surface area contributed by atoms with Crippen molar-refractivity contribution in [3.63, 3.8) is 0 Å². The van der Waals surface area contributed by atoms with Crippen molar-refractivity contribution >= 4 is 25.8 Å². The summed E-state index contributed by atoms with van der Waals surface area (Å²) in [5, 5.41) is 9.83. The Morgan fingerprint density at radius 1 is 1.38 bits per heavy atom. The van der Waals surface area contributed by atoms with Gasteiger partial charge in [-0.3, -0.25) is 0 Å². The van der Waals surface area contributed by atoms with E-state index in [9.17, 15) is 21.6 Å². The molecule has 1 aromatic rings. The van der Waals surface area contributed by atoms with E-state index in [-0.39, 0.29) is 11.3 Å². The summed E-state index contributed by atoms with van der Waals surface area (Å²) in [4.78, 5) is 10.8. The third-order valence-electron chi connectivity index (χ3n) is 2.79. The normalized spacial score (nSPS) is 20.5. The van der Waals surface area contributed by atoms with Crippen LogP contribution in [0, 0.1) is 0 Å². The second kappa shape index (κ2) is 5.58. The molecule has 0 amide bonds. The minimum absolute atomic E-state index is 0.00830. The summed E-state index contributed by atoms with van der Waals surface area (Å²) in [6, 6.07) is 4.78. The minimum atomic E-state index is -3.77. The lowest BCUT2D eigenvalue weighted by molar-refractivity contribution is 0.0696. The van der Waals surface area contributed by atoms with Gasteiger partial charge in [-0.25, -0.2) is 26.4 Å². The van der Waals surface area contributed by atoms with E-state index in [0.717, 1.165) is 5.41 Å². The van der Waals surface area contributed by atoms with Crippen molar-refractivity contribution < 1.29 is 26.7 Å². The van der Waals surface area contributed by atoms with Gasteiger partial charge in [-0.15, -0.1) is 0 Å². The summed E-state index contributed by atoms with van der Waals surface area (Å²) in [7, 11) is -7.11. The number of hydrogen-bond acceptors (Lipinski definition) is 5. The molecule has 1 aliphatic heterocycles. The Labute approximate surface area is 122 Å². The molecule has 0 aromatic heterocycles. The van der Waals surface area contributed by atoms with Gasteiger partial charge in [0, 0.05) is 5.41 Å². The van der Waals surface area contributed by atoms with E-state index in [0.29, 0.717) is 5.56 Å². The smallest absolute Gasteiger partial charge is 0.335 e. The van der Waals surface area contributed by atoms with E-state index in [2.05, 4.69) is 4.72 Å². The fourth-order valence-corrected chi connectivity index (χ4v) is 4.60. The first-order valence-electron chi connectivity index (χ1n) is 5.90. The van der Waals surface area contributed by atoms with Gasteiger partial charge in [-0.1, -0.05) is 18.2 Å². The number of benzene rings is 1. The number of hydrogen-bond donors (Lipinski definition) is 2. The summed E-state index contributed by atoms with van der Waals surface area (Å²) in [6.07, 6.45) is 1.28. The Kier molecular flexibility index (Phi) is 4.17. The number of rotatable bonds is 5.